The van der Waals surface area contributed by atoms with E-state index in [4.69, 9.17) is 0 Å². The van der Waals surface area contributed by atoms with Crippen LogP contribution in [0.3, 0.4) is 0 Å². The molecular formula is C12H16BrNO2. The molecule has 4 heteroatoms. The van der Waals surface area contributed by atoms with Crippen LogP contribution in [0, 0.1) is 0 Å². The summed E-state index contributed by atoms with van der Waals surface area (Å²) < 4.78 is 0.842. The molecule has 16 heavy (non-hydrogen) atoms. The van der Waals surface area contributed by atoms with Crippen LogP contribution in [-0.4, -0.2) is 29.1 Å². The Morgan fingerprint density at radius 2 is 1.94 bits per heavy atom. The number of nitrogens with zero attached hydrogens (tertiary/aromatic N) is 1. The van der Waals surface area contributed by atoms with Crippen molar-refractivity contribution in [2.45, 2.75) is 19.9 Å². The van der Waals surface area contributed by atoms with E-state index in [1.165, 1.54) is 0 Å². The molecule has 88 valence electrons. The summed E-state index contributed by atoms with van der Waals surface area (Å²) in [5, 5.41) is 9.32. The quantitative estimate of drug-likeness (QED) is 0.904. The maximum Gasteiger partial charge on any atom is 0.325 e. The molecule has 1 rings (SSSR count). The Kier molecular flexibility index (Phi) is 4.96. The van der Waals surface area contributed by atoms with Crippen LogP contribution < -0.4 is 0 Å². The third-order valence-corrected chi connectivity index (χ3v) is 3.33. The van der Waals surface area contributed by atoms with E-state index in [1.807, 2.05) is 43.0 Å². The molecule has 0 aliphatic carbocycles. The van der Waals surface area contributed by atoms with E-state index in [2.05, 4.69) is 15.9 Å². The third-order valence-electron chi connectivity index (χ3n) is 2.61. The number of benzene rings is 1. The van der Waals surface area contributed by atoms with Gasteiger partial charge in [-0.1, -0.05) is 48.0 Å². The van der Waals surface area contributed by atoms with Gasteiger partial charge in [0.1, 0.15) is 6.04 Å². The number of halogens is 1. The summed E-state index contributed by atoms with van der Waals surface area (Å²) in [6.45, 7) is 5.37. The highest BCUT2D eigenvalue weighted by atomic mass is 79.9. The molecule has 1 unspecified atom stereocenters. The van der Waals surface area contributed by atoms with Crippen LogP contribution >= 0.6 is 15.9 Å². The molecule has 0 aromatic heterocycles. The van der Waals surface area contributed by atoms with Crippen molar-refractivity contribution >= 4 is 21.9 Å². The maximum absolute atomic E-state index is 11.3. The van der Waals surface area contributed by atoms with Crippen molar-refractivity contribution < 1.29 is 9.90 Å². The first-order valence-electron chi connectivity index (χ1n) is 5.33. The molecule has 0 aliphatic rings. The molecule has 0 saturated carbocycles. The molecule has 0 amide bonds. The summed E-state index contributed by atoms with van der Waals surface area (Å²) >= 11 is 3.40. The number of hydrogen-bond acceptors (Lipinski definition) is 2. The fourth-order valence-electron chi connectivity index (χ4n) is 1.77. The Morgan fingerprint density at radius 1 is 1.38 bits per heavy atom. The van der Waals surface area contributed by atoms with Crippen LogP contribution in [-0.2, 0) is 4.79 Å². The molecule has 1 atom stereocenters. The van der Waals surface area contributed by atoms with Crippen LogP contribution in [0.4, 0.5) is 0 Å². The van der Waals surface area contributed by atoms with Gasteiger partial charge in [-0.05, 0) is 24.7 Å². The summed E-state index contributed by atoms with van der Waals surface area (Å²) in [7, 11) is 0. The van der Waals surface area contributed by atoms with E-state index in [9.17, 15) is 9.90 Å². The number of hydrogen-bond donors (Lipinski definition) is 1. The van der Waals surface area contributed by atoms with Gasteiger partial charge < -0.3 is 5.11 Å². The van der Waals surface area contributed by atoms with Crippen LogP contribution in [0.1, 0.15) is 25.5 Å². The molecule has 0 fully saturated rings. The summed E-state index contributed by atoms with van der Waals surface area (Å²) in [6.07, 6.45) is 0. The second-order valence-corrected chi connectivity index (χ2v) is 4.34. The molecule has 0 bridgehead atoms. The monoisotopic (exact) mass is 285 g/mol. The van der Waals surface area contributed by atoms with Crippen LogP contribution in [0.2, 0.25) is 0 Å². The minimum atomic E-state index is -0.810. The lowest BCUT2D eigenvalue weighted by molar-refractivity contribution is -0.143. The van der Waals surface area contributed by atoms with Crippen molar-refractivity contribution in [1.82, 2.24) is 4.90 Å². The van der Waals surface area contributed by atoms with Crippen molar-refractivity contribution in [2.75, 3.05) is 13.1 Å². The Bertz CT molecular complexity index is 364. The number of likely N-dealkylation sites (N-methyl/N-ethyl adjacent to an activating group) is 1. The Hall–Kier alpha value is -0.870. The first-order valence-corrected chi connectivity index (χ1v) is 6.12. The number of rotatable bonds is 5. The predicted octanol–water partition coefficient (Wildman–Crippen LogP) is 2.92. The predicted molar refractivity (Wildman–Crippen MR) is 67.4 cm³/mol. The molecule has 0 aliphatic heterocycles. The van der Waals surface area contributed by atoms with Gasteiger partial charge in [-0.15, -0.1) is 0 Å². The summed E-state index contributed by atoms with van der Waals surface area (Å²) in [6, 6.07) is 6.88. The standard InChI is InChI=1S/C12H16BrNO2/c1-3-14(4-2)11(12(15)16)9-7-5-6-8-10(9)13/h5-8,11H,3-4H2,1-2H3,(H,15,16). The Balaban J connectivity index is 3.12. The van der Waals surface area contributed by atoms with Crippen LogP contribution in [0.25, 0.3) is 0 Å². The molecule has 1 aromatic carbocycles. The van der Waals surface area contributed by atoms with Gasteiger partial charge in [-0.3, -0.25) is 9.69 Å². The van der Waals surface area contributed by atoms with E-state index < -0.39 is 12.0 Å². The second-order valence-electron chi connectivity index (χ2n) is 3.48. The molecule has 0 saturated heterocycles. The number of aliphatic carboxylic acids is 1. The van der Waals surface area contributed by atoms with E-state index >= 15 is 0 Å². The highest BCUT2D eigenvalue weighted by molar-refractivity contribution is 9.10. The van der Waals surface area contributed by atoms with E-state index in [-0.39, 0.29) is 0 Å². The normalized spacial score (nSPS) is 12.8. The van der Waals surface area contributed by atoms with Gasteiger partial charge in [0, 0.05) is 4.47 Å². The molecule has 0 heterocycles. The van der Waals surface area contributed by atoms with Crippen molar-refractivity contribution in [3.05, 3.63) is 34.3 Å². The molecular weight excluding hydrogens is 270 g/mol. The van der Waals surface area contributed by atoms with Gasteiger partial charge in [0.25, 0.3) is 0 Å². The smallest absolute Gasteiger partial charge is 0.325 e. The number of carbonyl (C=O) groups is 1. The zero-order valence-electron chi connectivity index (χ0n) is 9.48. The molecule has 1 N–H and O–H groups in total. The number of carboxylic acid groups (broad SMARTS) is 1. The first kappa shape index (κ1) is 13.2. The van der Waals surface area contributed by atoms with Crippen molar-refractivity contribution in [3.8, 4) is 0 Å². The van der Waals surface area contributed by atoms with Gasteiger partial charge in [-0.2, -0.15) is 0 Å². The highest BCUT2D eigenvalue weighted by Crippen LogP contribution is 2.27. The first-order chi connectivity index (χ1) is 7.61. The molecule has 0 radical (unpaired) electrons. The van der Waals surface area contributed by atoms with E-state index in [0.717, 1.165) is 23.1 Å². The largest absolute Gasteiger partial charge is 0.480 e. The highest BCUT2D eigenvalue weighted by Gasteiger charge is 2.26. The zero-order valence-corrected chi connectivity index (χ0v) is 11.1. The second kappa shape index (κ2) is 6.01. The third kappa shape index (κ3) is 2.83. The lowest BCUT2D eigenvalue weighted by Gasteiger charge is -2.27. The maximum atomic E-state index is 11.3. The van der Waals surface area contributed by atoms with Gasteiger partial charge in [-0.25, -0.2) is 0 Å². The fourth-order valence-corrected chi connectivity index (χ4v) is 2.27. The van der Waals surface area contributed by atoms with Gasteiger partial charge in [0.05, 0.1) is 0 Å². The van der Waals surface area contributed by atoms with Gasteiger partial charge >= 0.3 is 5.97 Å². The zero-order chi connectivity index (χ0) is 12.1. The van der Waals surface area contributed by atoms with Crippen LogP contribution in [0.5, 0.6) is 0 Å². The summed E-state index contributed by atoms with van der Waals surface area (Å²) in [5.41, 5.74) is 0.804. The van der Waals surface area contributed by atoms with Crippen molar-refractivity contribution in [2.24, 2.45) is 0 Å². The van der Waals surface area contributed by atoms with Crippen molar-refractivity contribution in [1.29, 1.82) is 0 Å². The average Bonchev–Trinajstić information content (AvgIpc) is 2.27. The Morgan fingerprint density at radius 3 is 2.38 bits per heavy atom. The van der Waals surface area contributed by atoms with Crippen molar-refractivity contribution in [3.63, 3.8) is 0 Å². The van der Waals surface area contributed by atoms with Gasteiger partial charge in [0.2, 0.25) is 0 Å². The van der Waals surface area contributed by atoms with Crippen LogP contribution in [0.15, 0.2) is 28.7 Å². The summed E-state index contributed by atoms with van der Waals surface area (Å²) in [5.74, 6) is -0.810. The van der Waals surface area contributed by atoms with E-state index in [0.29, 0.717) is 0 Å². The minimum Gasteiger partial charge on any atom is -0.480 e. The summed E-state index contributed by atoms with van der Waals surface area (Å²) in [4.78, 5) is 13.3. The molecule has 3 nitrogen and oxygen atoms in total. The van der Waals surface area contributed by atoms with E-state index in [1.54, 1.807) is 0 Å². The Labute approximate surface area is 104 Å². The number of carboxylic acids is 1. The topological polar surface area (TPSA) is 40.5 Å². The lowest BCUT2D eigenvalue weighted by atomic mass is 10.1. The minimum absolute atomic E-state index is 0.578. The van der Waals surface area contributed by atoms with Gasteiger partial charge in [0.15, 0.2) is 0 Å². The average molecular weight is 286 g/mol. The SMILES string of the molecule is CCN(CC)C(C(=O)O)c1ccccc1Br. The molecule has 1 aromatic rings. The lowest BCUT2D eigenvalue weighted by Crippen LogP contribution is -2.34. The fraction of sp³-hybridized carbons (Fsp3) is 0.417. The molecule has 0 spiro atoms.